The lowest BCUT2D eigenvalue weighted by molar-refractivity contribution is -0.116. The van der Waals surface area contributed by atoms with Crippen LogP contribution in [0.2, 0.25) is 0 Å². The van der Waals surface area contributed by atoms with Crippen LogP contribution in [0.25, 0.3) is 0 Å². The highest BCUT2D eigenvalue weighted by molar-refractivity contribution is 7.98. The van der Waals surface area contributed by atoms with E-state index in [1.54, 1.807) is 0 Å². The molecule has 1 atom stereocenters. The summed E-state index contributed by atoms with van der Waals surface area (Å²) < 4.78 is 28.0. The summed E-state index contributed by atoms with van der Waals surface area (Å²) in [5, 5.41) is 2.93. The fourth-order valence-corrected chi connectivity index (χ4v) is 4.32. The van der Waals surface area contributed by atoms with Gasteiger partial charge in [-0.25, -0.2) is 13.8 Å². The highest BCUT2D eigenvalue weighted by Gasteiger charge is 2.32. The fourth-order valence-electron chi connectivity index (χ4n) is 3.38. The number of aromatic amines is 1. The number of nitrogens with one attached hydrogen (secondary N) is 2. The number of H-pyrrole nitrogens is 1. The van der Waals surface area contributed by atoms with Crippen LogP contribution in [0.1, 0.15) is 34.6 Å². The van der Waals surface area contributed by atoms with Crippen molar-refractivity contribution in [2.24, 2.45) is 0 Å². The molecule has 0 saturated carbocycles. The van der Waals surface area contributed by atoms with Crippen LogP contribution in [0.5, 0.6) is 0 Å². The number of anilines is 1. The van der Waals surface area contributed by atoms with Crippen molar-refractivity contribution in [2.75, 3.05) is 5.32 Å². The minimum absolute atomic E-state index is 0.0336. The van der Waals surface area contributed by atoms with Gasteiger partial charge in [0.2, 0.25) is 5.91 Å². The van der Waals surface area contributed by atoms with Crippen molar-refractivity contribution in [1.29, 1.82) is 0 Å². The molecule has 3 aromatic rings. The number of carbonyl (C=O) groups is 1. The highest BCUT2D eigenvalue weighted by atomic mass is 32.2. The van der Waals surface area contributed by atoms with Gasteiger partial charge in [0.15, 0.2) is 5.16 Å². The molecule has 0 bridgehead atoms. The average molecular weight is 413 g/mol. The second-order valence-corrected chi connectivity index (χ2v) is 7.78. The maximum atomic E-state index is 14.3. The fraction of sp³-hybridized carbons (Fsp3) is 0.190. The minimum atomic E-state index is -0.902. The molecule has 148 valence electrons. The third kappa shape index (κ3) is 3.93. The largest absolute Gasteiger partial charge is 0.310 e. The lowest BCUT2D eigenvalue weighted by atomic mass is 9.86. The molecule has 0 radical (unpaired) electrons. The Morgan fingerprint density at radius 2 is 1.97 bits per heavy atom. The van der Waals surface area contributed by atoms with Crippen molar-refractivity contribution in [3.8, 4) is 0 Å². The first-order chi connectivity index (χ1) is 13.9. The number of hydrogen-bond acceptors (Lipinski definition) is 4. The van der Waals surface area contributed by atoms with E-state index in [4.69, 9.17) is 0 Å². The Morgan fingerprint density at radius 3 is 2.76 bits per heavy atom. The first-order valence-electron chi connectivity index (χ1n) is 8.98. The number of thioether (sulfide) groups is 1. The number of nitrogens with zero attached hydrogens (tertiary/aromatic N) is 1. The molecule has 2 heterocycles. The van der Waals surface area contributed by atoms with E-state index >= 15 is 0 Å². The van der Waals surface area contributed by atoms with Crippen molar-refractivity contribution in [1.82, 2.24) is 9.97 Å². The molecular formula is C21H17F2N3O2S. The topological polar surface area (TPSA) is 74.8 Å². The zero-order chi connectivity index (χ0) is 20.5. The molecule has 0 fully saturated rings. The molecule has 4 rings (SSSR count). The molecule has 2 aromatic carbocycles. The Kier molecular flexibility index (Phi) is 5.19. The average Bonchev–Trinajstić information content (AvgIpc) is 2.68. The Balaban J connectivity index is 1.70. The number of halogens is 2. The normalized spacial score (nSPS) is 15.7. The van der Waals surface area contributed by atoms with E-state index in [0.29, 0.717) is 10.9 Å². The van der Waals surface area contributed by atoms with E-state index in [2.05, 4.69) is 15.3 Å². The summed E-state index contributed by atoms with van der Waals surface area (Å²) in [5.74, 6) is -1.94. The number of benzene rings is 2. The molecule has 1 aromatic heterocycles. The van der Waals surface area contributed by atoms with E-state index in [0.717, 1.165) is 29.3 Å². The van der Waals surface area contributed by atoms with Gasteiger partial charge in [-0.3, -0.25) is 9.59 Å². The zero-order valence-corrected chi connectivity index (χ0v) is 16.3. The second kappa shape index (κ2) is 7.79. The number of hydrogen-bond donors (Lipinski definition) is 2. The van der Waals surface area contributed by atoms with E-state index in [9.17, 15) is 18.4 Å². The molecule has 0 spiro atoms. The molecule has 5 nitrogen and oxygen atoms in total. The van der Waals surface area contributed by atoms with E-state index < -0.39 is 29.0 Å². The van der Waals surface area contributed by atoms with E-state index in [1.807, 2.05) is 31.2 Å². The molecule has 8 heteroatoms. The van der Waals surface area contributed by atoms with Crippen molar-refractivity contribution in [2.45, 2.75) is 30.2 Å². The number of aryl methyl sites for hydroxylation is 1. The summed E-state index contributed by atoms with van der Waals surface area (Å²) in [6, 6.07) is 10.9. The number of rotatable bonds is 4. The van der Waals surface area contributed by atoms with Crippen LogP contribution < -0.4 is 10.9 Å². The van der Waals surface area contributed by atoms with Crippen LogP contribution in [0.3, 0.4) is 0 Å². The van der Waals surface area contributed by atoms with Crippen LogP contribution in [0, 0.1) is 18.6 Å². The summed E-state index contributed by atoms with van der Waals surface area (Å²) in [7, 11) is 0. The first kappa shape index (κ1) is 19.3. The molecule has 0 saturated heterocycles. The molecular weight excluding hydrogens is 396 g/mol. The first-order valence-corrected chi connectivity index (χ1v) is 9.97. The van der Waals surface area contributed by atoms with Crippen molar-refractivity contribution in [3.63, 3.8) is 0 Å². The standard InChI is InChI=1S/C21H17F2N3O2S/c1-11-4-2-3-5-12(11)10-29-21-25-19-18(20(28)26-21)15(9-17(27)24-19)14-8-13(22)6-7-16(14)23/h2-8,15H,9-10H2,1H3,(H2,24,25,26,27,28)/t15-/m0/s1. The maximum Gasteiger partial charge on any atom is 0.257 e. The summed E-state index contributed by atoms with van der Waals surface area (Å²) in [4.78, 5) is 32.0. The van der Waals surface area contributed by atoms with Gasteiger partial charge in [-0.1, -0.05) is 36.0 Å². The predicted molar refractivity (Wildman–Crippen MR) is 107 cm³/mol. The summed E-state index contributed by atoms with van der Waals surface area (Å²) in [6.07, 6.45) is -0.159. The summed E-state index contributed by atoms with van der Waals surface area (Å²) in [6.45, 7) is 2.00. The van der Waals surface area contributed by atoms with Gasteiger partial charge in [0, 0.05) is 18.1 Å². The molecule has 2 N–H and O–H groups in total. The molecule has 29 heavy (non-hydrogen) atoms. The quantitative estimate of drug-likeness (QED) is 0.498. The number of amides is 1. The molecule has 0 unspecified atom stereocenters. The third-order valence-corrected chi connectivity index (χ3v) is 5.81. The summed E-state index contributed by atoms with van der Waals surface area (Å²) >= 11 is 1.33. The Morgan fingerprint density at radius 1 is 1.17 bits per heavy atom. The van der Waals surface area contributed by atoms with Crippen molar-refractivity contribution in [3.05, 3.63) is 86.7 Å². The van der Waals surface area contributed by atoms with Crippen molar-refractivity contribution >= 4 is 23.5 Å². The monoisotopic (exact) mass is 413 g/mol. The second-order valence-electron chi connectivity index (χ2n) is 6.82. The van der Waals surface area contributed by atoms with Gasteiger partial charge < -0.3 is 10.3 Å². The SMILES string of the molecule is Cc1ccccc1CSc1nc2c(c(=O)[nH]1)[C@H](c1cc(F)ccc1F)CC(=O)N2. The van der Waals surface area contributed by atoms with Crippen LogP contribution in [0.4, 0.5) is 14.6 Å². The highest BCUT2D eigenvalue weighted by Crippen LogP contribution is 2.36. The van der Waals surface area contributed by atoms with E-state index in [1.165, 1.54) is 11.8 Å². The summed E-state index contributed by atoms with van der Waals surface area (Å²) in [5.41, 5.74) is 1.84. The van der Waals surface area contributed by atoms with Gasteiger partial charge >= 0.3 is 0 Å². The smallest absolute Gasteiger partial charge is 0.257 e. The van der Waals surface area contributed by atoms with Gasteiger partial charge in [-0.15, -0.1) is 0 Å². The molecule has 1 amide bonds. The van der Waals surface area contributed by atoms with E-state index in [-0.39, 0.29) is 23.4 Å². The van der Waals surface area contributed by atoms with Crippen LogP contribution in [0.15, 0.2) is 52.4 Å². The van der Waals surface area contributed by atoms with Crippen LogP contribution in [-0.4, -0.2) is 15.9 Å². The molecule has 1 aliphatic rings. The minimum Gasteiger partial charge on any atom is -0.310 e. The van der Waals surface area contributed by atoms with Crippen LogP contribution in [-0.2, 0) is 10.5 Å². The Hall–Kier alpha value is -3.00. The van der Waals surface area contributed by atoms with Gasteiger partial charge in [-0.05, 0) is 41.8 Å². The Bertz CT molecular complexity index is 1160. The lowest BCUT2D eigenvalue weighted by Crippen LogP contribution is -2.31. The van der Waals surface area contributed by atoms with Gasteiger partial charge in [0.05, 0.1) is 5.56 Å². The number of carbonyl (C=O) groups excluding carboxylic acids is 1. The Labute approximate surface area is 169 Å². The van der Waals surface area contributed by atoms with Crippen LogP contribution >= 0.6 is 11.8 Å². The third-order valence-electron chi connectivity index (χ3n) is 4.89. The van der Waals surface area contributed by atoms with Gasteiger partial charge in [-0.2, -0.15) is 0 Å². The van der Waals surface area contributed by atoms with Gasteiger partial charge in [0.25, 0.3) is 5.56 Å². The van der Waals surface area contributed by atoms with Gasteiger partial charge in [0.1, 0.15) is 17.5 Å². The number of aromatic nitrogens is 2. The molecule has 1 aliphatic heterocycles. The number of fused-ring (bicyclic) bond motifs is 1. The molecule has 0 aliphatic carbocycles. The van der Waals surface area contributed by atoms with Crippen molar-refractivity contribution < 1.29 is 13.6 Å². The zero-order valence-electron chi connectivity index (χ0n) is 15.5. The maximum absolute atomic E-state index is 14.3. The lowest BCUT2D eigenvalue weighted by Gasteiger charge is -2.24. The predicted octanol–water partition coefficient (Wildman–Crippen LogP) is 4.12.